The van der Waals surface area contributed by atoms with E-state index in [0.29, 0.717) is 17.4 Å². The van der Waals surface area contributed by atoms with E-state index in [4.69, 9.17) is 4.74 Å². The first-order chi connectivity index (χ1) is 9.08. The van der Waals surface area contributed by atoms with Gasteiger partial charge in [-0.2, -0.15) is 0 Å². The molecule has 0 N–H and O–H groups in total. The fourth-order valence-electron chi connectivity index (χ4n) is 1.84. The zero-order valence-electron chi connectivity index (χ0n) is 11.5. The Labute approximate surface area is 119 Å². The summed E-state index contributed by atoms with van der Waals surface area (Å²) >= 11 is 4.09. The summed E-state index contributed by atoms with van der Waals surface area (Å²) in [4.78, 5) is 12.4. The van der Waals surface area contributed by atoms with Crippen LogP contribution in [0.2, 0.25) is 0 Å². The molecule has 1 atom stereocenters. The summed E-state index contributed by atoms with van der Waals surface area (Å²) in [5.41, 5.74) is -0.0437. The molecule has 1 rings (SSSR count). The summed E-state index contributed by atoms with van der Waals surface area (Å²) in [6, 6.07) is 4.13. The van der Waals surface area contributed by atoms with E-state index in [0.717, 1.165) is 25.7 Å². The van der Waals surface area contributed by atoms with Crippen molar-refractivity contribution in [1.82, 2.24) is 0 Å². The van der Waals surface area contributed by atoms with Crippen LogP contribution in [0, 0.1) is 11.7 Å². The van der Waals surface area contributed by atoms with Crippen LogP contribution in [0.25, 0.3) is 0 Å². The van der Waals surface area contributed by atoms with Crippen molar-refractivity contribution in [2.45, 2.75) is 44.4 Å². The van der Waals surface area contributed by atoms with Crippen molar-refractivity contribution in [3.05, 3.63) is 29.6 Å². The minimum atomic E-state index is -0.608. The molecular formula is C15H21FO2S. The van der Waals surface area contributed by atoms with Crippen molar-refractivity contribution in [3.63, 3.8) is 0 Å². The Morgan fingerprint density at radius 1 is 1.42 bits per heavy atom. The molecular weight excluding hydrogens is 263 g/mol. The van der Waals surface area contributed by atoms with Crippen LogP contribution in [-0.4, -0.2) is 12.6 Å². The average molecular weight is 284 g/mol. The topological polar surface area (TPSA) is 26.3 Å². The number of carbonyl (C=O) groups is 1. The number of rotatable bonds is 7. The van der Waals surface area contributed by atoms with Crippen LogP contribution < -0.4 is 0 Å². The van der Waals surface area contributed by atoms with Crippen LogP contribution in [0.5, 0.6) is 0 Å². The van der Waals surface area contributed by atoms with Crippen molar-refractivity contribution in [2.75, 3.05) is 6.61 Å². The SMILES string of the molecule is CCCCC(CC)COC(=O)c1cc(S)ccc1F. The normalized spacial score (nSPS) is 12.2. The molecule has 1 unspecified atom stereocenters. The van der Waals surface area contributed by atoms with Gasteiger partial charge in [-0.25, -0.2) is 9.18 Å². The number of hydrogen-bond acceptors (Lipinski definition) is 3. The standard InChI is InChI=1S/C15H21FO2S/c1-3-5-6-11(4-2)10-18-15(17)13-9-12(19)7-8-14(13)16/h7-9,11,19H,3-6,10H2,1-2H3. The minimum absolute atomic E-state index is 0.0437. The van der Waals surface area contributed by atoms with Gasteiger partial charge >= 0.3 is 5.97 Å². The zero-order chi connectivity index (χ0) is 14.3. The summed E-state index contributed by atoms with van der Waals surface area (Å²) in [6.45, 7) is 4.56. The first-order valence-corrected chi connectivity index (χ1v) is 7.18. The van der Waals surface area contributed by atoms with Gasteiger partial charge in [0.2, 0.25) is 0 Å². The molecule has 0 aromatic heterocycles. The Morgan fingerprint density at radius 2 is 2.16 bits per heavy atom. The van der Waals surface area contributed by atoms with Gasteiger partial charge in [0.25, 0.3) is 0 Å². The van der Waals surface area contributed by atoms with E-state index >= 15 is 0 Å². The van der Waals surface area contributed by atoms with E-state index in [1.165, 1.54) is 18.2 Å². The largest absolute Gasteiger partial charge is 0.462 e. The van der Waals surface area contributed by atoms with Crippen LogP contribution in [0.15, 0.2) is 23.1 Å². The first-order valence-electron chi connectivity index (χ1n) is 6.74. The van der Waals surface area contributed by atoms with E-state index in [-0.39, 0.29) is 5.56 Å². The maximum Gasteiger partial charge on any atom is 0.341 e. The van der Waals surface area contributed by atoms with Crippen molar-refractivity contribution in [1.29, 1.82) is 0 Å². The van der Waals surface area contributed by atoms with Crippen molar-refractivity contribution in [3.8, 4) is 0 Å². The second-order valence-corrected chi connectivity index (χ2v) is 5.20. The zero-order valence-corrected chi connectivity index (χ0v) is 12.4. The van der Waals surface area contributed by atoms with Gasteiger partial charge < -0.3 is 4.74 Å². The molecule has 4 heteroatoms. The van der Waals surface area contributed by atoms with Gasteiger partial charge in [-0.15, -0.1) is 12.6 Å². The summed E-state index contributed by atoms with van der Waals surface area (Å²) in [5, 5.41) is 0. The molecule has 0 amide bonds. The van der Waals surface area contributed by atoms with Crippen LogP contribution in [0.3, 0.4) is 0 Å². The molecule has 106 valence electrons. The molecule has 0 saturated carbocycles. The molecule has 0 fully saturated rings. The summed E-state index contributed by atoms with van der Waals surface area (Å²) in [7, 11) is 0. The Balaban J connectivity index is 2.56. The van der Waals surface area contributed by atoms with Gasteiger partial charge in [-0.3, -0.25) is 0 Å². The third-order valence-electron chi connectivity index (χ3n) is 3.16. The van der Waals surface area contributed by atoms with Gasteiger partial charge in [-0.05, 0) is 30.5 Å². The van der Waals surface area contributed by atoms with E-state index in [1.807, 2.05) is 0 Å². The molecule has 0 saturated heterocycles. The Kier molecular flexibility index (Phi) is 6.92. The van der Waals surface area contributed by atoms with Crippen molar-refractivity contribution >= 4 is 18.6 Å². The summed E-state index contributed by atoms with van der Waals surface area (Å²) in [6.07, 6.45) is 4.25. The van der Waals surface area contributed by atoms with Crippen LogP contribution in [0.1, 0.15) is 49.9 Å². The number of esters is 1. The lowest BCUT2D eigenvalue weighted by Crippen LogP contribution is -2.15. The molecule has 0 radical (unpaired) electrons. The van der Waals surface area contributed by atoms with Crippen LogP contribution in [-0.2, 0) is 4.74 Å². The number of halogens is 1. The molecule has 1 aromatic carbocycles. The van der Waals surface area contributed by atoms with Gasteiger partial charge in [0.15, 0.2) is 0 Å². The summed E-state index contributed by atoms with van der Waals surface area (Å²) in [5.74, 6) is -0.820. The molecule has 19 heavy (non-hydrogen) atoms. The van der Waals surface area contributed by atoms with E-state index in [1.54, 1.807) is 0 Å². The smallest absolute Gasteiger partial charge is 0.341 e. The van der Waals surface area contributed by atoms with Gasteiger partial charge in [0, 0.05) is 4.90 Å². The second kappa shape index (κ2) is 8.20. The molecule has 0 heterocycles. The number of carbonyl (C=O) groups excluding carboxylic acids is 1. The van der Waals surface area contributed by atoms with Gasteiger partial charge in [-0.1, -0.05) is 33.1 Å². The molecule has 2 nitrogen and oxygen atoms in total. The molecule has 0 bridgehead atoms. The van der Waals surface area contributed by atoms with Crippen molar-refractivity contribution in [2.24, 2.45) is 5.92 Å². The lowest BCUT2D eigenvalue weighted by atomic mass is 10.0. The van der Waals surface area contributed by atoms with Crippen LogP contribution in [0.4, 0.5) is 4.39 Å². The highest BCUT2D eigenvalue weighted by molar-refractivity contribution is 7.80. The fraction of sp³-hybridized carbons (Fsp3) is 0.533. The average Bonchev–Trinajstić information content (AvgIpc) is 2.41. The number of unbranched alkanes of at least 4 members (excludes halogenated alkanes) is 1. The number of ether oxygens (including phenoxy) is 1. The molecule has 0 aliphatic heterocycles. The van der Waals surface area contributed by atoms with Crippen LogP contribution >= 0.6 is 12.6 Å². The lowest BCUT2D eigenvalue weighted by Gasteiger charge is -2.14. The maximum absolute atomic E-state index is 13.5. The van der Waals surface area contributed by atoms with E-state index < -0.39 is 11.8 Å². The second-order valence-electron chi connectivity index (χ2n) is 4.68. The van der Waals surface area contributed by atoms with E-state index in [9.17, 15) is 9.18 Å². The predicted molar refractivity (Wildman–Crippen MR) is 77.2 cm³/mol. The number of hydrogen-bond donors (Lipinski definition) is 1. The highest BCUT2D eigenvalue weighted by atomic mass is 32.1. The third-order valence-corrected chi connectivity index (χ3v) is 3.44. The molecule has 1 aromatic rings. The number of benzene rings is 1. The maximum atomic E-state index is 13.5. The Bertz CT molecular complexity index is 421. The van der Waals surface area contributed by atoms with Crippen molar-refractivity contribution < 1.29 is 13.9 Å². The van der Waals surface area contributed by atoms with E-state index in [2.05, 4.69) is 26.5 Å². The predicted octanol–water partition coefficient (Wildman–Crippen LogP) is 4.49. The molecule has 0 spiro atoms. The third kappa shape index (κ3) is 5.23. The highest BCUT2D eigenvalue weighted by Crippen LogP contribution is 2.17. The van der Waals surface area contributed by atoms with Gasteiger partial charge in [0.1, 0.15) is 5.82 Å². The van der Waals surface area contributed by atoms with Gasteiger partial charge in [0.05, 0.1) is 12.2 Å². The molecule has 0 aliphatic carbocycles. The Morgan fingerprint density at radius 3 is 2.79 bits per heavy atom. The highest BCUT2D eigenvalue weighted by Gasteiger charge is 2.15. The first kappa shape index (κ1) is 16.0. The minimum Gasteiger partial charge on any atom is -0.462 e. The fourth-order valence-corrected chi connectivity index (χ4v) is 2.04. The monoisotopic (exact) mass is 284 g/mol. The Hall–Kier alpha value is -1.03. The molecule has 0 aliphatic rings. The summed E-state index contributed by atoms with van der Waals surface area (Å²) < 4.78 is 18.7. The number of thiol groups is 1. The quantitative estimate of drug-likeness (QED) is 0.590. The lowest BCUT2D eigenvalue weighted by molar-refractivity contribution is 0.0422.